The minimum atomic E-state index is 0.0691. The quantitative estimate of drug-likeness (QED) is 0.621. The van der Waals surface area contributed by atoms with Gasteiger partial charge in [-0.15, -0.1) is 0 Å². The number of carbonyl (C=O) groups excluding carboxylic acids is 1. The van der Waals surface area contributed by atoms with Gasteiger partial charge in [-0.2, -0.15) is 0 Å². The smallest absolute Gasteiger partial charge is 0.225 e. The Morgan fingerprint density at radius 3 is 2.28 bits per heavy atom. The number of hydrogen-bond acceptors (Lipinski definition) is 3. The van der Waals surface area contributed by atoms with Crippen LogP contribution in [0.25, 0.3) is 0 Å². The molecular formula is C25H40N2O2. The second-order valence-corrected chi connectivity index (χ2v) is 7.09. The molecule has 1 amide bonds. The van der Waals surface area contributed by atoms with Gasteiger partial charge < -0.3 is 15.0 Å². The maximum atomic E-state index is 11.7. The summed E-state index contributed by atoms with van der Waals surface area (Å²) in [5.74, 6) is 1.49. The van der Waals surface area contributed by atoms with Crippen molar-refractivity contribution >= 4 is 11.6 Å². The molecule has 0 unspecified atom stereocenters. The normalized spacial score (nSPS) is 9.86. The van der Waals surface area contributed by atoms with E-state index in [1.165, 1.54) is 11.1 Å². The molecule has 0 aliphatic carbocycles. The molecule has 1 N–H and O–H groups in total. The monoisotopic (exact) mass is 400 g/mol. The lowest BCUT2D eigenvalue weighted by atomic mass is 10.0. The van der Waals surface area contributed by atoms with E-state index in [0.29, 0.717) is 12.3 Å². The van der Waals surface area contributed by atoms with Crippen molar-refractivity contribution in [3.8, 4) is 5.75 Å². The van der Waals surface area contributed by atoms with E-state index in [-0.39, 0.29) is 5.91 Å². The Labute approximate surface area is 178 Å². The molecule has 4 heteroatoms. The summed E-state index contributed by atoms with van der Waals surface area (Å²) in [6.45, 7) is 11.2. The van der Waals surface area contributed by atoms with E-state index >= 15 is 0 Å². The Morgan fingerprint density at radius 2 is 1.72 bits per heavy atom. The Bertz CT molecular complexity index is 677. The van der Waals surface area contributed by atoms with Crippen LogP contribution in [-0.2, 0) is 11.2 Å². The molecule has 0 aliphatic heterocycles. The van der Waals surface area contributed by atoms with E-state index < -0.39 is 0 Å². The number of methoxy groups -OCH3 is 1. The fourth-order valence-electron chi connectivity index (χ4n) is 2.42. The zero-order valence-electron chi connectivity index (χ0n) is 19.6. The average Bonchev–Trinajstić information content (AvgIpc) is 2.74. The van der Waals surface area contributed by atoms with Crippen LogP contribution in [0, 0.1) is 0 Å². The van der Waals surface area contributed by atoms with Crippen LogP contribution < -0.4 is 10.1 Å². The van der Waals surface area contributed by atoms with Gasteiger partial charge in [0, 0.05) is 18.7 Å². The molecule has 0 radical (unpaired) electrons. The molecule has 0 bridgehead atoms. The first-order valence-electron chi connectivity index (χ1n) is 10.5. The maximum Gasteiger partial charge on any atom is 0.225 e. The van der Waals surface area contributed by atoms with Crippen LogP contribution >= 0.6 is 0 Å². The van der Waals surface area contributed by atoms with Gasteiger partial charge in [0.1, 0.15) is 5.75 Å². The van der Waals surface area contributed by atoms with Gasteiger partial charge in [-0.3, -0.25) is 4.79 Å². The number of aryl methyl sites for hydroxylation is 1. The minimum Gasteiger partial charge on any atom is -0.497 e. The summed E-state index contributed by atoms with van der Waals surface area (Å²) < 4.78 is 5.06. The molecule has 29 heavy (non-hydrogen) atoms. The third kappa shape index (κ3) is 12.0. The van der Waals surface area contributed by atoms with Crippen LogP contribution in [-0.4, -0.2) is 38.6 Å². The van der Waals surface area contributed by atoms with Crippen LogP contribution in [0.4, 0.5) is 5.69 Å². The number of nitrogens with one attached hydrogen (secondary N) is 1. The number of anilines is 1. The van der Waals surface area contributed by atoms with Gasteiger partial charge in [0.2, 0.25) is 5.91 Å². The molecule has 0 heterocycles. The van der Waals surface area contributed by atoms with E-state index in [4.69, 9.17) is 4.74 Å². The lowest BCUT2D eigenvalue weighted by molar-refractivity contribution is -0.116. The molecule has 162 valence electrons. The summed E-state index contributed by atoms with van der Waals surface area (Å²) in [7, 11) is 5.62. The number of hydrogen-bond donors (Lipinski definition) is 1. The highest BCUT2D eigenvalue weighted by atomic mass is 16.5. The molecule has 0 aromatic heterocycles. The van der Waals surface area contributed by atoms with Gasteiger partial charge in [0.15, 0.2) is 0 Å². The Kier molecular flexibility index (Phi) is 14.3. The van der Waals surface area contributed by atoms with Crippen molar-refractivity contribution in [1.29, 1.82) is 0 Å². The van der Waals surface area contributed by atoms with Crippen molar-refractivity contribution in [2.75, 3.05) is 33.1 Å². The van der Waals surface area contributed by atoms with Gasteiger partial charge >= 0.3 is 0 Å². The number of carbonyl (C=O) groups is 1. The second-order valence-electron chi connectivity index (χ2n) is 7.09. The summed E-state index contributed by atoms with van der Waals surface area (Å²) in [5.41, 5.74) is 3.45. The molecule has 0 aliphatic rings. The summed E-state index contributed by atoms with van der Waals surface area (Å²) in [6.07, 6.45) is 1.59. The molecule has 4 nitrogen and oxygen atoms in total. The summed E-state index contributed by atoms with van der Waals surface area (Å²) in [5, 5.41) is 2.93. The summed E-state index contributed by atoms with van der Waals surface area (Å²) in [6, 6.07) is 16.2. The molecule has 2 rings (SSSR count). The van der Waals surface area contributed by atoms with Crippen LogP contribution in [0.5, 0.6) is 5.75 Å². The highest BCUT2D eigenvalue weighted by Crippen LogP contribution is 2.18. The number of benzene rings is 2. The predicted molar refractivity (Wildman–Crippen MR) is 126 cm³/mol. The average molecular weight is 401 g/mol. The topological polar surface area (TPSA) is 41.6 Å². The van der Waals surface area contributed by atoms with Gasteiger partial charge in [0.25, 0.3) is 0 Å². The highest BCUT2D eigenvalue weighted by Gasteiger charge is 2.05. The maximum absolute atomic E-state index is 11.7. The first kappa shape index (κ1) is 26.7. The van der Waals surface area contributed by atoms with Crippen molar-refractivity contribution in [2.45, 2.75) is 53.4 Å². The van der Waals surface area contributed by atoms with Crippen molar-refractivity contribution in [2.24, 2.45) is 0 Å². The van der Waals surface area contributed by atoms with Gasteiger partial charge in [-0.1, -0.05) is 58.9 Å². The van der Waals surface area contributed by atoms with Crippen molar-refractivity contribution in [1.82, 2.24) is 4.90 Å². The molecule has 2 aromatic carbocycles. The lowest BCUT2D eigenvalue weighted by Crippen LogP contribution is -2.20. The molecule has 0 fully saturated rings. The first-order valence-corrected chi connectivity index (χ1v) is 10.5. The predicted octanol–water partition coefficient (Wildman–Crippen LogP) is 5.98. The number of rotatable bonds is 7. The molecule has 2 aromatic rings. The Hall–Kier alpha value is -2.33. The largest absolute Gasteiger partial charge is 0.497 e. The van der Waals surface area contributed by atoms with E-state index in [9.17, 15) is 4.79 Å². The van der Waals surface area contributed by atoms with Gasteiger partial charge in [0.05, 0.1) is 7.11 Å². The summed E-state index contributed by atoms with van der Waals surface area (Å²) >= 11 is 0. The fourth-order valence-corrected chi connectivity index (χ4v) is 2.42. The first-order chi connectivity index (χ1) is 13.8. The lowest BCUT2D eigenvalue weighted by Gasteiger charge is -2.11. The van der Waals surface area contributed by atoms with Crippen LogP contribution in [0.15, 0.2) is 48.5 Å². The molecular weight excluding hydrogens is 360 g/mol. The van der Waals surface area contributed by atoms with E-state index in [1.807, 2.05) is 63.2 Å². The summed E-state index contributed by atoms with van der Waals surface area (Å²) in [4.78, 5) is 13.7. The zero-order valence-corrected chi connectivity index (χ0v) is 19.6. The molecule has 0 saturated heterocycles. The molecule has 0 spiro atoms. The van der Waals surface area contributed by atoms with E-state index in [1.54, 1.807) is 7.11 Å². The van der Waals surface area contributed by atoms with Gasteiger partial charge in [-0.05, 0) is 61.8 Å². The van der Waals surface area contributed by atoms with Crippen molar-refractivity contribution in [3.05, 3.63) is 59.7 Å². The SMILES string of the molecule is CC.CC(C)c1cccc(NC(=O)CCN(C)C)c1.CCc1cccc(OC)c1. The van der Waals surface area contributed by atoms with Crippen molar-refractivity contribution in [3.63, 3.8) is 0 Å². The standard InChI is InChI=1S/C14H22N2O.C9H12O.C2H6/c1-11(2)12-6-5-7-13(10-12)15-14(17)8-9-16(3)4;1-3-8-5-4-6-9(7-8)10-2;1-2/h5-7,10-11H,8-9H2,1-4H3,(H,15,17);4-7H,3H2,1-2H3;1-2H3. The second kappa shape index (κ2) is 15.6. The fraction of sp³-hybridized carbons (Fsp3) is 0.480. The molecule has 0 atom stereocenters. The Morgan fingerprint density at radius 1 is 1.07 bits per heavy atom. The minimum absolute atomic E-state index is 0.0691. The van der Waals surface area contributed by atoms with E-state index in [2.05, 4.69) is 44.3 Å². The highest BCUT2D eigenvalue weighted by molar-refractivity contribution is 5.90. The third-order valence-electron chi connectivity index (χ3n) is 4.17. The van der Waals surface area contributed by atoms with Crippen LogP contribution in [0.2, 0.25) is 0 Å². The number of ether oxygens (including phenoxy) is 1. The van der Waals surface area contributed by atoms with Crippen LogP contribution in [0.1, 0.15) is 58.1 Å². The Balaban J connectivity index is 0.000000554. The molecule has 0 saturated carbocycles. The number of nitrogens with zero attached hydrogens (tertiary/aromatic N) is 1. The van der Waals surface area contributed by atoms with E-state index in [0.717, 1.165) is 24.4 Å². The third-order valence-corrected chi connectivity index (χ3v) is 4.17. The number of amides is 1. The van der Waals surface area contributed by atoms with Gasteiger partial charge in [-0.25, -0.2) is 0 Å². The zero-order chi connectivity index (χ0) is 22.2. The van der Waals surface area contributed by atoms with Crippen molar-refractivity contribution < 1.29 is 9.53 Å². The van der Waals surface area contributed by atoms with Crippen LogP contribution in [0.3, 0.4) is 0 Å².